The SMILES string of the molecule is C=C(C)C(=O)OCCc1ccc(OC(=O)OC(C)(C)C)c(-n2nc3ccc(Cl)cc3n2)c1. The summed E-state index contributed by atoms with van der Waals surface area (Å²) in [5.74, 6) is -0.236. The van der Waals surface area contributed by atoms with Gasteiger partial charge in [-0.2, -0.15) is 0 Å². The molecule has 3 aromatic rings. The predicted octanol–water partition coefficient (Wildman–Crippen LogP) is 5.05. The molecule has 2 aromatic carbocycles. The van der Waals surface area contributed by atoms with Gasteiger partial charge in [0.1, 0.15) is 22.3 Å². The predicted molar refractivity (Wildman–Crippen MR) is 120 cm³/mol. The third-order valence-corrected chi connectivity index (χ3v) is 4.37. The average Bonchev–Trinajstić information content (AvgIpc) is 3.10. The number of hydrogen-bond donors (Lipinski definition) is 0. The number of carbonyl (C=O) groups is 2. The smallest absolute Gasteiger partial charge is 0.462 e. The van der Waals surface area contributed by atoms with Crippen LogP contribution in [0.5, 0.6) is 5.75 Å². The molecule has 0 bridgehead atoms. The minimum absolute atomic E-state index is 0.168. The molecule has 0 radical (unpaired) electrons. The summed E-state index contributed by atoms with van der Waals surface area (Å²) in [5.41, 5.74) is 2.08. The number of hydrogen-bond acceptors (Lipinski definition) is 7. The fourth-order valence-corrected chi connectivity index (χ4v) is 2.87. The van der Waals surface area contributed by atoms with E-state index in [9.17, 15) is 9.59 Å². The van der Waals surface area contributed by atoms with E-state index < -0.39 is 17.7 Å². The number of carbonyl (C=O) groups excluding carboxylic acids is 2. The maximum absolute atomic E-state index is 12.2. The topological polar surface area (TPSA) is 92.5 Å². The van der Waals surface area contributed by atoms with E-state index >= 15 is 0 Å². The Balaban J connectivity index is 1.92. The van der Waals surface area contributed by atoms with Gasteiger partial charge in [0, 0.05) is 17.0 Å². The molecule has 3 rings (SSSR count). The van der Waals surface area contributed by atoms with E-state index in [0.717, 1.165) is 5.56 Å². The molecule has 1 heterocycles. The zero-order valence-electron chi connectivity index (χ0n) is 18.3. The van der Waals surface area contributed by atoms with Gasteiger partial charge in [-0.25, -0.2) is 9.59 Å². The van der Waals surface area contributed by atoms with Gasteiger partial charge < -0.3 is 14.2 Å². The van der Waals surface area contributed by atoms with Crippen LogP contribution >= 0.6 is 11.6 Å². The van der Waals surface area contributed by atoms with Crippen LogP contribution in [0.15, 0.2) is 48.6 Å². The molecule has 0 fully saturated rings. The molecule has 9 heteroatoms. The lowest BCUT2D eigenvalue weighted by molar-refractivity contribution is -0.138. The summed E-state index contributed by atoms with van der Waals surface area (Å²) in [5, 5.41) is 9.44. The van der Waals surface area contributed by atoms with E-state index in [1.54, 1.807) is 64.1 Å². The van der Waals surface area contributed by atoms with Gasteiger partial charge in [-0.15, -0.1) is 15.0 Å². The Kier molecular flexibility index (Phi) is 6.84. The van der Waals surface area contributed by atoms with E-state index in [2.05, 4.69) is 16.8 Å². The first-order valence-corrected chi connectivity index (χ1v) is 10.3. The molecule has 0 aliphatic heterocycles. The number of rotatable bonds is 6. The summed E-state index contributed by atoms with van der Waals surface area (Å²) >= 11 is 6.06. The van der Waals surface area contributed by atoms with Crippen molar-refractivity contribution in [1.29, 1.82) is 0 Å². The minimum atomic E-state index is -0.846. The first-order valence-electron chi connectivity index (χ1n) is 9.91. The third kappa shape index (κ3) is 6.07. The van der Waals surface area contributed by atoms with Crippen molar-refractivity contribution in [1.82, 2.24) is 15.0 Å². The van der Waals surface area contributed by atoms with E-state index in [4.69, 9.17) is 25.8 Å². The Morgan fingerprint density at radius 1 is 1.09 bits per heavy atom. The zero-order chi connectivity index (χ0) is 23.5. The normalized spacial score (nSPS) is 11.3. The van der Waals surface area contributed by atoms with Crippen molar-refractivity contribution >= 4 is 34.8 Å². The quantitative estimate of drug-likeness (QED) is 0.290. The lowest BCUT2D eigenvalue weighted by Gasteiger charge is -2.19. The van der Waals surface area contributed by atoms with Gasteiger partial charge in [0.05, 0.1) is 6.61 Å². The molecule has 0 aliphatic rings. The van der Waals surface area contributed by atoms with Crippen LogP contribution in [0.3, 0.4) is 0 Å². The minimum Gasteiger partial charge on any atom is -0.462 e. The van der Waals surface area contributed by atoms with E-state index in [1.807, 2.05) is 0 Å². The summed E-state index contributed by atoms with van der Waals surface area (Å²) in [6, 6.07) is 10.3. The molecule has 0 saturated heterocycles. The van der Waals surface area contributed by atoms with E-state index in [-0.39, 0.29) is 12.4 Å². The molecular formula is C23H24ClN3O5. The number of esters is 1. The maximum atomic E-state index is 12.2. The van der Waals surface area contributed by atoms with Crippen molar-refractivity contribution in [2.45, 2.75) is 39.7 Å². The van der Waals surface area contributed by atoms with Gasteiger partial charge in [-0.3, -0.25) is 0 Å². The molecule has 0 saturated carbocycles. The summed E-state index contributed by atoms with van der Waals surface area (Å²) in [4.78, 5) is 25.2. The van der Waals surface area contributed by atoms with Crippen LogP contribution < -0.4 is 4.74 Å². The molecule has 1 aromatic heterocycles. The van der Waals surface area contributed by atoms with Crippen molar-refractivity contribution in [2.75, 3.05) is 6.61 Å². The number of ether oxygens (including phenoxy) is 3. The summed E-state index contributed by atoms with van der Waals surface area (Å²) < 4.78 is 15.9. The van der Waals surface area contributed by atoms with Crippen LogP contribution in [0, 0.1) is 0 Å². The Labute approximate surface area is 190 Å². The number of nitrogens with zero attached hydrogens (tertiary/aromatic N) is 3. The van der Waals surface area contributed by atoms with Gasteiger partial charge in [0.2, 0.25) is 0 Å². The fourth-order valence-electron chi connectivity index (χ4n) is 2.70. The first kappa shape index (κ1) is 23.3. The fraction of sp³-hybridized carbons (Fsp3) is 0.304. The molecule has 8 nitrogen and oxygen atoms in total. The Morgan fingerprint density at radius 3 is 2.50 bits per heavy atom. The molecule has 0 unspecified atom stereocenters. The molecule has 0 aliphatic carbocycles. The summed E-state index contributed by atoms with van der Waals surface area (Å²) in [7, 11) is 0. The summed E-state index contributed by atoms with van der Waals surface area (Å²) in [6.45, 7) is 10.6. The van der Waals surface area contributed by atoms with Crippen LogP contribution in [-0.2, 0) is 20.7 Å². The second-order valence-corrected chi connectivity index (χ2v) is 8.59. The number of fused-ring (bicyclic) bond motifs is 1. The van der Waals surface area contributed by atoms with Crippen molar-refractivity contribution in [3.63, 3.8) is 0 Å². The highest BCUT2D eigenvalue weighted by molar-refractivity contribution is 6.31. The zero-order valence-corrected chi connectivity index (χ0v) is 19.1. The van der Waals surface area contributed by atoms with Gasteiger partial charge in [-0.05, 0) is 63.6 Å². The van der Waals surface area contributed by atoms with Crippen LogP contribution in [0.25, 0.3) is 16.7 Å². The van der Waals surface area contributed by atoms with E-state index in [1.165, 1.54) is 4.80 Å². The Bertz CT molecular complexity index is 1180. The number of aromatic nitrogens is 3. The molecular weight excluding hydrogens is 434 g/mol. The van der Waals surface area contributed by atoms with Gasteiger partial charge >= 0.3 is 12.1 Å². The molecule has 32 heavy (non-hydrogen) atoms. The molecule has 0 N–H and O–H groups in total. The van der Waals surface area contributed by atoms with Gasteiger partial charge in [-0.1, -0.05) is 24.2 Å². The van der Waals surface area contributed by atoms with Crippen molar-refractivity contribution < 1.29 is 23.8 Å². The highest BCUT2D eigenvalue weighted by Crippen LogP contribution is 2.27. The van der Waals surface area contributed by atoms with Crippen LogP contribution in [0.1, 0.15) is 33.3 Å². The van der Waals surface area contributed by atoms with Crippen molar-refractivity contribution in [3.05, 3.63) is 59.1 Å². The Morgan fingerprint density at radius 2 is 1.81 bits per heavy atom. The lowest BCUT2D eigenvalue weighted by Crippen LogP contribution is -2.26. The summed E-state index contributed by atoms with van der Waals surface area (Å²) in [6.07, 6.45) is -0.410. The monoisotopic (exact) mass is 457 g/mol. The standard InChI is InChI=1S/C23H24ClN3O5/c1-14(2)21(28)30-11-10-15-6-9-20(31-22(29)32-23(3,4)5)19(12-15)27-25-17-8-7-16(24)13-18(17)26-27/h6-9,12-13H,1,10-11H2,2-5H3. The number of halogens is 1. The largest absolute Gasteiger partial charge is 0.514 e. The molecule has 0 atom stereocenters. The van der Waals surface area contributed by atoms with Crippen molar-refractivity contribution in [2.24, 2.45) is 0 Å². The molecule has 0 amide bonds. The highest BCUT2D eigenvalue weighted by Gasteiger charge is 2.21. The second-order valence-electron chi connectivity index (χ2n) is 8.16. The lowest BCUT2D eigenvalue weighted by atomic mass is 10.1. The third-order valence-electron chi connectivity index (χ3n) is 4.14. The van der Waals surface area contributed by atoms with E-state index in [0.29, 0.717) is 33.7 Å². The average molecular weight is 458 g/mol. The van der Waals surface area contributed by atoms with Crippen molar-refractivity contribution in [3.8, 4) is 11.4 Å². The molecule has 0 spiro atoms. The first-order chi connectivity index (χ1) is 15.0. The Hall–Kier alpha value is -3.39. The van der Waals surface area contributed by atoms with Crippen LogP contribution in [0.2, 0.25) is 5.02 Å². The maximum Gasteiger partial charge on any atom is 0.514 e. The highest BCUT2D eigenvalue weighted by atomic mass is 35.5. The molecule has 168 valence electrons. The van der Waals surface area contributed by atoms with Crippen LogP contribution in [-0.4, -0.2) is 39.3 Å². The van der Waals surface area contributed by atoms with Crippen LogP contribution in [0.4, 0.5) is 4.79 Å². The van der Waals surface area contributed by atoms with Gasteiger partial charge in [0.15, 0.2) is 5.75 Å². The van der Waals surface area contributed by atoms with Gasteiger partial charge in [0.25, 0.3) is 0 Å². The second kappa shape index (κ2) is 9.40. The number of benzene rings is 2.